The van der Waals surface area contributed by atoms with Gasteiger partial charge in [0.05, 0.1) is 21.1 Å². The molecule has 0 spiro atoms. The Labute approximate surface area is 149 Å². The predicted octanol–water partition coefficient (Wildman–Crippen LogP) is 0.0246. The Morgan fingerprint density at radius 1 is 1.23 bits per heavy atom. The van der Waals surface area contributed by atoms with Crippen molar-refractivity contribution in [2.75, 3.05) is 34.3 Å². The lowest BCUT2D eigenvalue weighted by Crippen LogP contribution is -2.38. The minimum Gasteiger partial charge on any atom is -0.542 e. The van der Waals surface area contributed by atoms with Gasteiger partial charge in [0.15, 0.2) is 0 Å². The monoisotopic (exact) mass is 380 g/mol. The molecule has 148 valence electrons. The summed E-state index contributed by atoms with van der Waals surface area (Å²) in [5.74, 6) is -3.20. The van der Waals surface area contributed by atoms with E-state index in [1.165, 1.54) is 0 Å². The van der Waals surface area contributed by atoms with Crippen molar-refractivity contribution in [3.8, 4) is 5.75 Å². The number of ether oxygens (including phenoxy) is 1. The number of aliphatic carboxylic acids is 2. The average molecular weight is 380 g/mol. The van der Waals surface area contributed by atoms with E-state index in [9.17, 15) is 18.0 Å². The molecule has 0 aliphatic heterocycles. The molecule has 7 nitrogen and oxygen atoms in total. The van der Waals surface area contributed by atoms with Crippen LogP contribution in [0, 0.1) is 0 Å². The molecule has 10 heteroatoms. The first-order chi connectivity index (χ1) is 11.7. The van der Waals surface area contributed by atoms with E-state index < -0.39 is 24.2 Å². The second kappa shape index (κ2) is 9.97. The molecule has 26 heavy (non-hydrogen) atoms. The van der Waals surface area contributed by atoms with Gasteiger partial charge in [-0.1, -0.05) is 12.1 Å². The summed E-state index contributed by atoms with van der Waals surface area (Å²) in [6.07, 6.45) is -4.87. The van der Waals surface area contributed by atoms with Crippen molar-refractivity contribution in [2.45, 2.75) is 18.6 Å². The van der Waals surface area contributed by atoms with Gasteiger partial charge < -0.3 is 30.0 Å². The number of hydrogen-bond donors (Lipinski definition) is 2. The molecule has 0 aromatic heterocycles. The SMILES string of the molecule is C[N+](C)(C)CCOc1ccc(C[C@H](N)C(=O)O)cc1.O=C([O-])C(F)(F)F. The summed E-state index contributed by atoms with van der Waals surface area (Å²) < 4.78 is 38.0. The maximum Gasteiger partial charge on any atom is 0.430 e. The standard InChI is InChI=1S/C14H22N2O3.C2HF3O2/c1-16(2,3)8-9-19-12-6-4-11(5-7-12)10-13(15)14(17)18;3-2(4,5)1(6)7/h4-7,13H,8-10,15H2,1-3H3;(H,6,7)/t13-;/m0./s1. The van der Waals surface area contributed by atoms with Crippen LogP contribution in [0.3, 0.4) is 0 Å². The zero-order valence-electron chi connectivity index (χ0n) is 14.7. The lowest BCUT2D eigenvalue weighted by atomic mass is 10.1. The molecule has 1 aromatic rings. The van der Waals surface area contributed by atoms with Gasteiger partial charge >= 0.3 is 12.1 Å². The van der Waals surface area contributed by atoms with Crippen LogP contribution < -0.4 is 15.6 Å². The number of alkyl halides is 3. The van der Waals surface area contributed by atoms with E-state index >= 15 is 0 Å². The number of rotatable bonds is 7. The van der Waals surface area contributed by atoms with Crippen LogP contribution >= 0.6 is 0 Å². The molecular weight excluding hydrogens is 357 g/mol. The molecule has 0 unspecified atom stereocenters. The largest absolute Gasteiger partial charge is 0.542 e. The topological polar surface area (TPSA) is 113 Å². The minimum atomic E-state index is -5.19. The van der Waals surface area contributed by atoms with E-state index in [-0.39, 0.29) is 0 Å². The van der Waals surface area contributed by atoms with Crippen LogP contribution in [-0.4, -0.2) is 68.0 Å². The van der Waals surface area contributed by atoms with E-state index in [0.29, 0.717) is 13.0 Å². The summed E-state index contributed by atoms with van der Waals surface area (Å²) in [4.78, 5) is 19.4. The molecule has 0 bridgehead atoms. The van der Waals surface area contributed by atoms with Crippen molar-refractivity contribution >= 4 is 11.9 Å². The van der Waals surface area contributed by atoms with Crippen LogP contribution in [0.25, 0.3) is 0 Å². The first-order valence-electron chi connectivity index (χ1n) is 7.51. The van der Waals surface area contributed by atoms with Gasteiger partial charge in [-0.15, -0.1) is 0 Å². The van der Waals surface area contributed by atoms with Crippen LogP contribution in [-0.2, 0) is 16.0 Å². The summed E-state index contributed by atoms with van der Waals surface area (Å²) in [6.45, 7) is 1.57. The van der Waals surface area contributed by atoms with E-state index in [1.807, 2.05) is 24.3 Å². The number of carbonyl (C=O) groups excluding carboxylic acids is 1. The quantitative estimate of drug-likeness (QED) is 0.645. The van der Waals surface area contributed by atoms with Crippen molar-refractivity contribution in [1.82, 2.24) is 0 Å². The van der Waals surface area contributed by atoms with E-state index in [2.05, 4.69) is 21.1 Å². The summed E-state index contributed by atoms with van der Waals surface area (Å²) in [7, 11) is 6.33. The number of carboxylic acids is 2. The van der Waals surface area contributed by atoms with Gasteiger partial charge in [0.2, 0.25) is 0 Å². The Bertz CT molecular complexity index is 583. The van der Waals surface area contributed by atoms with Crippen LogP contribution in [0.4, 0.5) is 13.2 Å². The second-order valence-electron chi connectivity index (χ2n) is 6.44. The number of likely N-dealkylation sites (N-methyl/N-ethyl adjacent to an activating group) is 1. The van der Waals surface area contributed by atoms with Crippen molar-refractivity contribution in [2.24, 2.45) is 5.73 Å². The molecule has 0 saturated heterocycles. The average Bonchev–Trinajstić information content (AvgIpc) is 2.47. The Balaban J connectivity index is 0.000000758. The molecule has 1 aromatic carbocycles. The lowest BCUT2D eigenvalue weighted by molar-refractivity contribution is -0.870. The number of carbonyl (C=O) groups is 2. The maximum atomic E-state index is 10.7. The highest BCUT2D eigenvalue weighted by Crippen LogP contribution is 2.13. The third-order valence-corrected chi connectivity index (χ3v) is 2.96. The van der Waals surface area contributed by atoms with Gasteiger partial charge in [-0.2, -0.15) is 13.2 Å². The molecule has 0 heterocycles. The third-order valence-electron chi connectivity index (χ3n) is 2.96. The molecule has 0 saturated carbocycles. The zero-order valence-corrected chi connectivity index (χ0v) is 14.7. The fourth-order valence-corrected chi connectivity index (χ4v) is 1.50. The number of carboxylic acid groups (broad SMARTS) is 2. The summed E-state index contributed by atoms with van der Waals surface area (Å²) in [5.41, 5.74) is 6.38. The van der Waals surface area contributed by atoms with E-state index in [4.69, 9.17) is 25.5 Å². The molecule has 0 aliphatic rings. The molecule has 1 atom stereocenters. The van der Waals surface area contributed by atoms with Crippen LogP contribution in [0.2, 0.25) is 0 Å². The number of halogens is 3. The van der Waals surface area contributed by atoms with Gasteiger partial charge in [0.25, 0.3) is 0 Å². The molecule has 0 radical (unpaired) electrons. The highest BCUT2D eigenvalue weighted by molar-refractivity contribution is 5.73. The highest BCUT2D eigenvalue weighted by atomic mass is 19.4. The van der Waals surface area contributed by atoms with Crippen molar-refractivity contribution in [3.05, 3.63) is 29.8 Å². The van der Waals surface area contributed by atoms with Crippen molar-refractivity contribution in [1.29, 1.82) is 0 Å². The van der Waals surface area contributed by atoms with Gasteiger partial charge in [-0.25, -0.2) is 0 Å². The van der Waals surface area contributed by atoms with E-state index in [1.54, 1.807) is 0 Å². The smallest absolute Gasteiger partial charge is 0.430 e. The Morgan fingerprint density at radius 3 is 2.04 bits per heavy atom. The number of nitrogens with two attached hydrogens (primary N) is 1. The third kappa shape index (κ3) is 11.3. The van der Waals surface area contributed by atoms with Gasteiger partial charge in [-0.3, -0.25) is 4.79 Å². The van der Waals surface area contributed by atoms with Crippen LogP contribution in [0.15, 0.2) is 24.3 Å². The first kappa shape index (κ1) is 23.7. The number of quaternary nitrogens is 1. The highest BCUT2D eigenvalue weighted by Gasteiger charge is 2.28. The molecule has 0 fully saturated rings. The lowest BCUT2D eigenvalue weighted by Gasteiger charge is -2.23. The Morgan fingerprint density at radius 2 is 1.69 bits per heavy atom. The summed E-state index contributed by atoms with van der Waals surface area (Å²) in [5, 5.41) is 17.5. The molecule has 3 N–H and O–H groups in total. The number of nitrogens with zero attached hydrogens (tertiary/aromatic N) is 1. The summed E-state index contributed by atoms with van der Waals surface area (Å²) in [6, 6.07) is 6.54. The normalized spacial score (nSPS) is 12.6. The van der Waals surface area contributed by atoms with Crippen molar-refractivity contribution < 1.29 is 42.2 Å². The zero-order chi connectivity index (χ0) is 20.5. The fourth-order valence-electron chi connectivity index (χ4n) is 1.50. The fraction of sp³-hybridized carbons (Fsp3) is 0.500. The van der Waals surface area contributed by atoms with Crippen LogP contribution in [0.5, 0.6) is 5.75 Å². The first-order valence-corrected chi connectivity index (χ1v) is 7.51. The van der Waals surface area contributed by atoms with Gasteiger partial charge in [0.1, 0.15) is 30.9 Å². The van der Waals surface area contributed by atoms with E-state index in [0.717, 1.165) is 22.3 Å². The summed E-state index contributed by atoms with van der Waals surface area (Å²) >= 11 is 0. The predicted molar refractivity (Wildman–Crippen MR) is 85.2 cm³/mol. The maximum absolute atomic E-state index is 10.7. The molecular formula is C16H23F3N2O5. The van der Waals surface area contributed by atoms with Gasteiger partial charge in [0, 0.05) is 0 Å². The molecule has 1 rings (SSSR count). The minimum absolute atomic E-state index is 0.328. The number of benzene rings is 1. The Kier molecular flexibility index (Phi) is 9.08. The molecule has 0 amide bonds. The number of hydrogen-bond acceptors (Lipinski definition) is 5. The Hall–Kier alpha value is -2.33. The van der Waals surface area contributed by atoms with Crippen LogP contribution in [0.1, 0.15) is 5.56 Å². The second-order valence-corrected chi connectivity index (χ2v) is 6.44. The molecule has 0 aliphatic carbocycles. The van der Waals surface area contributed by atoms with Crippen molar-refractivity contribution in [3.63, 3.8) is 0 Å². The van der Waals surface area contributed by atoms with Gasteiger partial charge in [-0.05, 0) is 24.1 Å².